The summed E-state index contributed by atoms with van der Waals surface area (Å²) in [7, 11) is 0. The van der Waals surface area contributed by atoms with E-state index in [0.717, 1.165) is 6.42 Å². The van der Waals surface area contributed by atoms with E-state index in [1.165, 1.54) is 0 Å². The maximum atomic E-state index is 11.6. The lowest BCUT2D eigenvalue weighted by Gasteiger charge is -2.19. The van der Waals surface area contributed by atoms with Crippen LogP contribution in [0.5, 0.6) is 0 Å². The number of hydrogen-bond donors (Lipinski definition) is 3. The molecule has 0 radical (unpaired) electrons. The smallest absolute Gasteiger partial charge is 0.223 e. The topological polar surface area (TPSA) is 78.4 Å². The molecule has 1 rings (SSSR count). The van der Waals surface area contributed by atoms with Crippen LogP contribution in [0.3, 0.4) is 0 Å². The summed E-state index contributed by atoms with van der Waals surface area (Å²) < 4.78 is 0. The summed E-state index contributed by atoms with van der Waals surface area (Å²) in [6, 6.07) is -0.211. The molecule has 0 saturated heterocycles. The van der Waals surface area contributed by atoms with E-state index in [0.29, 0.717) is 12.5 Å². The molecular formula is C13H24N2O3. The average molecular weight is 256 g/mol. The van der Waals surface area contributed by atoms with E-state index >= 15 is 0 Å². The first-order valence-corrected chi connectivity index (χ1v) is 6.63. The molecular weight excluding hydrogens is 232 g/mol. The van der Waals surface area contributed by atoms with Gasteiger partial charge in [-0.2, -0.15) is 0 Å². The summed E-state index contributed by atoms with van der Waals surface area (Å²) in [4.78, 5) is 23.1. The molecule has 0 aliphatic heterocycles. The Balaban J connectivity index is 2.15. The van der Waals surface area contributed by atoms with Gasteiger partial charge in [-0.05, 0) is 18.3 Å². The van der Waals surface area contributed by atoms with Crippen LogP contribution in [0, 0.1) is 17.8 Å². The highest BCUT2D eigenvalue weighted by molar-refractivity contribution is 5.82. The van der Waals surface area contributed by atoms with Crippen molar-refractivity contribution in [2.45, 2.75) is 39.7 Å². The molecule has 104 valence electrons. The monoisotopic (exact) mass is 256 g/mol. The van der Waals surface area contributed by atoms with Crippen LogP contribution >= 0.6 is 0 Å². The van der Waals surface area contributed by atoms with Gasteiger partial charge in [-0.25, -0.2) is 0 Å². The minimum absolute atomic E-state index is 0.0536. The molecule has 3 N–H and O–H groups in total. The molecule has 1 saturated carbocycles. The van der Waals surface area contributed by atoms with Crippen LogP contribution < -0.4 is 10.6 Å². The summed E-state index contributed by atoms with van der Waals surface area (Å²) in [5.41, 5.74) is 0. The molecule has 1 aliphatic carbocycles. The molecule has 18 heavy (non-hydrogen) atoms. The molecule has 0 aromatic heterocycles. The van der Waals surface area contributed by atoms with E-state index in [1.807, 2.05) is 20.8 Å². The second-order valence-corrected chi connectivity index (χ2v) is 5.46. The van der Waals surface area contributed by atoms with Crippen molar-refractivity contribution in [1.29, 1.82) is 0 Å². The summed E-state index contributed by atoms with van der Waals surface area (Å²) in [5, 5.41) is 14.6. The fraction of sp³-hybridized carbons (Fsp3) is 0.846. The van der Waals surface area contributed by atoms with Gasteiger partial charge >= 0.3 is 0 Å². The number of amides is 2. The Hall–Kier alpha value is -1.10. The van der Waals surface area contributed by atoms with Crippen molar-refractivity contribution >= 4 is 11.8 Å². The van der Waals surface area contributed by atoms with Crippen LogP contribution in [0.1, 0.15) is 33.6 Å². The van der Waals surface area contributed by atoms with Gasteiger partial charge in [0.15, 0.2) is 0 Å². The van der Waals surface area contributed by atoms with Gasteiger partial charge in [-0.15, -0.1) is 0 Å². The van der Waals surface area contributed by atoms with Gasteiger partial charge in [-0.1, -0.05) is 20.8 Å². The zero-order valence-corrected chi connectivity index (χ0v) is 11.4. The van der Waals surface area contributed by atoms with Gasteiger partial charge in [0.2, 0.25) is 11.8 Å². The highest BCUT2D eigenvalue weighted by atomic mass is 16.3. The Kier molecular flexibility index (Phi) is 5.59. The van der Waals surface area contributed by atoms with Crippen LogP contribution in [0.2, 0.25) is 0 Å². The predicted molar refractivity (Wildman–Crippen MR) is 68.8 cm³/mol. The van der Waals surface area contributed by atoms with E-state index in [-0.39, 0.29) is 42.7 Å². The molecule has 1 aliphatic rings. The fourth-order valence-electron chi connectivity index (χ4n) is 1.82. The molecule has 0 heterocycles. The van der Waals surface area contributed by atoms with Crippen LogP contribution in [0.15, 0.2) is 0 Å². The number of aliphatic hydroxyl groups excluding tert-OH is 1. The largest absolute Gasteiger partial charge is 0.394 e. The fourth-order valence-corrected chi connectivity index (χ4v) is 1.82. The predicted octanol–water partition coefficient (Wildman–Crippen LogP) is 0.282. The lowest BCUT2D eigenvalue weighted by Crippen LogP contribution is -2.42. The Morgan fingerprint density at radius 1 is 1.39 bits per heavy atom. The zero-order valence-electron chi connectivity index (χ0n) is 11.4. The van der Waals surface area contributed by atoms with Crippen LogP contribution in [-0.2, 0) is 9.59 Å². The Morgan fingerprint density at radius 2 is 2.00 bits per heavy atom. The summed E-state index contributed by atoms with van der Waals surface area (Å²) in [6.45, 7) is 6.24. The third-order valence-corrected chi connectivity index (χ3v) is 3.45. The van der Waals surface area contributed by atoms with Crippen LogP contribution in [0.4, 0.5) is 0 Å². The average Bonchev–Trinajstić information content (AvgIpc) is 3.02. The summed E-state index contributed by atoms with van der Waals surface area (Å²) >= 11 is 0. The summed E-state index contributed by atoms with van der Waals surface area (Å²) in [5.74, 6) is 0.748. The van der Waals surface area contributed by atoms with Crippen LogP contribution in [0.25, 0.3) is 0 Å². The minimum atomic E-state index is -0.211. The maximum absolute atomic E-state index is 11.6. The van der Waals surface area contributed by atoms with E-state index < -0.39 is 0 Å². The highest BCUT2D eigenvalue weighted by Crippen LogP contribution is 2.37. The first-order chi connectivity index (χ1) is 8.45. The van der Waals surface area contributed by atoms with Crippen molar-refractivity contribution in [3.63, 3.8) is 0 Å². The summed E-state index contributed by atoms with van der Waals surface area (Å²) in [6.07, 6.45) is 1.22. The maximum Gasteiger partial charge on any atom is 0.223 e. The SMILES string of the molecule is CC(C)C(CO)NC(=O)CCNC(=O)C1CC1C. The first kappa shape index (κ1) is 15.0. The lowest BCUT2D eigenvalue weighted by atomic mass is 10.1. The van der Waals surface area contributed by atoms with E-state index in [2.05, 4.69) is 10.6 Å². The van der Waals surface area contributed by atoms with Crippen molar-refractivity contribution in [3.8, 4) is 0 Å². The van der Waals surface area contributed by atoms with Gasteiger partial charge in [-0.3, -0.25) is 9.59 Å². The third kappa shape index (κ3) is 4.64. The molecule has 5 heteroatoms. The van der Waals surface area contributed by atoms with Gasteiger partial charge in [0.1, 0.15) is 0 Å². The number of hydrogen-bond acceptors (Lipinski definition) is 3. The van der Waals surface area contributed by atoms with Gasteiger partial charge < -0.3 is 15.7 Å². The van der Waals surface area contributed by atoms with Gasteiger partial charge in [0.25, 0.3) is 0 Å². The Labute approximate surface area is 108 Å². The number of nitrogens with one attached hydrogen (secondary N) is 2. The normalized spacial score (nSPS) is 23.6. The second kappa shape index (κ2) is 6.73. The van der Waals surface area contributed by atoms with Crippen molar-refractivity contribution in [2.24, 2.45) is 17.8 Å². The minimum Gasteiger partial charge on any atom is -0.394 e. The van der Waals surface area contributed by atoms with E-state index in [9.17, 15) is 9.59 Å². The molecule has 3 atom stereocenters. The van der Waals surface area contributed by atoms with Gasteiger partial charge in [0.05, 0.1) is 12.6 Å². The van der Waals surface area contributed by atoms with Gasteiger partial charge in [0, 0.05) is 18.9 Å². The molecule has 2 amide bonds. The van der Waals surface area contributed by atoms with E-state index in [4.69, 9.17) is 5.11 Å². The molecule has 5 nitrogen and oxygen atoms in total. The molecule has 0 spiro atoms. The van der Waals surface area contributed by atoms with Crippen molar-refractivity contribution in [1.82, 2.24) is 10.6 Å². The molecule has 0 aromatic rings. The number of rotatable bonds is 7. The number of carbonyl (C=O) groups excluding carboxylic acids is 2. The first-order valence-electron chi connectivity index (χ1n) is 6.63. The quantitative estimate of drug-likeness (QED) is 0.612. The van der Waals surface area contributed by atoms with Crippen molar-refractivity contribution < 1.29 is 14.7 Å². The number of aliphatic hydroxyl groups is 1. The second-order valence-electron chi connectivity index (χ2n) is 5.46. The molecule has 1 fully saturated rings. The zero-order chi connectivity index (χ0) is 13.7. The lowest BCUT2D eigenvalue weighted by molar-refractivity contribution is -0.123. The molecule has 3 unspecified atom stereocenters. The molecule has 0 aromatic carbocycles. The number of carbonyl (C=O) groups is 2. The van der Waals surface area contributed by atoms with E-state index in [1.54, 1.807) is 0 Å². The van der Waals surface area contributed by atoms with Crippen LogP contribution in [-0.4, -0.2) is 36.1 Å². The highest BCUT2D eigenvalue weighted by Gasteiger charge is 2.38. The van der Waals surface area contributed by atoms with Crippen molar-refractivity contribution in [2.75, 3.05) is 13.2 Å². The molecule has 0 bridgehead atoms. The third-order valence-electron chi connectivity index (χ3n) is 3.45. The standard InChI is InChI=1S/C13H24N2O3/c1-8(2)11(7-16)15-12(17)4-5-14-13(18)10-6-9(10)3/h8-11,16H,4-7H2,1-3H3,(H,14,18)(H,15,17). The Morgan fingerprint density at radius 3 is 2.44 bits per heavy atom. The Bertz CT molecular complexity index is 305. The van der Waals surface area contributed by atoms with Crippen molar-refractivity contribution in [3.05, 3.63) is 0 Å².